The van der Waals surface area contributed by atoms with Gasteiger partial charge in [0.2, 0.25) is 21.8 Å². The van der Waals surface area contributed by atoms with E-state index in [1.54, 1.807) is 42.5 Å². The number of benzene rings is 3. The summed E-state index contributed by atoms with van der Waals surface area (Å²) in [5.41, 5.74) is 1.75. The number of hydrogen-bond acceptors (Lipinski definition) is 4. The van der Waals surface area contributed by atoms with Crippen molar-refractivity contribution in [3.05, 3.63) is 98.4 Å². The highest BCUT2D eigenvalue weighted by molar-refractivity contribution is 9.10. The number of sulfonamides is 1. The molecule has 3 rings (SSSR count). The number of nitrogens with one attached hydrogen (secondary N) is 1. The zero-order valence-corrected chi connectivity index (χ0v) is 26.4. The molecule has 0 saturated carbocycles. The fourth-order valence-electron chi connectivity index (χ4n) is 4.03. The van der Waals surface area contributed by atoms with Crippen LogP contribution in [0.2, 0.25) is 10.0 Å². The molecule has 0 fully saturated rings. The standard InChI is InChI=1S/C29H32BrCl2N3O4S/c1-20(2)17-33-29(37)27(15-21-7-5-4-6-8-21)34(18-22-9-12-24(31)16-26(22)32)28(36)19-35(40(3,38)39)25-13-10-23(30)11-14-25/h4-14,16,20,27H,15,17-19H2,1-3H3,(H,33,37)/t27-/m1/s1. The van der Waals surface area contributed by atoms with E-state index < -0.39 is 28.5 Å². The zero-order chi connectivity index (χ0) is 29.4. The highest BCUT2D eigenvalue weighted by atomic mass is 79.9. The van der Waals surface area contributed by atoms with E-state index in [1.807, 2.05) is 44.2 Å². The van der Waals surface area contributed by atoms with Gasteiger partial charge in [0.15, 0.2) is 0 Å². The van der Waals surface area contributed by atoms with Crippen LogP contribution < -0.4 is 9.62 Å². The van der Waals surface area contributed by atoms with Crippen LogP contribution in [0.15, 0.2) is 77.3 Å². The number of nitrogens with zero attached hydrogens (tertiary/aromatic N) is 2. The minimum atomic E-state index is -3.85. The van der Waals surface area contributed by atoms with Gasteiger partial charge < -0.3 is 10.2 Å². The van der Waals surface area contributed by atoms with Crippen molar-refractivity contribution in [2.75, 3.05) is 23.7 Å². The largest absolute Gasteiger partial charge is 0.354 e. The normalized spacial score (nSPS) is 12.2. The van der Waals surface area contributed by atoms with Gasteiger partial charge in [-0.2, -0.15) is 0 Å². The molecule has 3 aromatic carbocycles. The van der Waals surface area contributed by atoms with Crippen LogP contribution in [0.3, 0.4) is 0 Å². The number of anilines is 1. The molecule has 0 bridgehead atoms. The van der Waals surface area contributed by atoms with Crippen molar-refractivity contribution < 1.29 is 18.0 Å². The molecule has 0 heterocycles. The van der Waals surface area contributed by atoms with Crippen molar-refractivity contribution in [3.8, 4) is 0 Å². The van der Waals surface area contributed by atoms with Gasteiger partial charge in [-0.3, -0.25) is 13.9 Å². The minimum absolute atomic E-state index is 0.0284. The maximum Gasteiger partial charge on any atom is 0.244 e. The fourth-order valence-corrected chi connectivity index (χ4v) is 5.61. The first kappa shape index (κ1) is 31.9. The molecule has 0 saturated heterocycles. The number of hydrogen-bond donors (Lipinski definition) is 1. The summed E-state index contributed by atoms with van der Waals surface area (Å²) >= 11 is 15.9. The first-order chi connectivity index (χ1) is 18.8. The molecule has 0 aliphatic rings. The van der Waals surface area contributed by atoms with Gasteiger partial charge in [-0.1, -0.05) is 89.4 Å². The Balaban J connectivity index is 2.06. The van der Waals surface area contributed by atoms with Crippen LogP contribution in [-0.4, -0.2) is 50.5 Å². The van der Waals surface area contributed by atoms with E-state index in [0.29, 0.717) is 27.8 Å². The molecule has 1 N–H and O–H groups in total. The predicted molar refractivity (Wildman–Crippen MR) is 165 cm³/mol. The highest BCUT2D eigenvalue weighted by Crippen LogP contribution is 2.26. The van der Waals surface area contributed by atoms with Crippen LogP contribution in [0.25, 0.3) is 0 Å². The lowest BCUT2D eigenvalue weighted by Crippen LogP contribution is -2.53. The van der Waals surface area contributed by atoms with Gasteiger partial charge in [0.1, 0.15) is 12.6 Å². The molecule has 0 aromatic heterocycles. The second kappa shape index (κ2) is 14.3. The number of amides is 2. The van der Waals surface area contributed by atoms with E-state index in [4.69, 9.17) is 23.2 Å². The molecule has 0 radical (unpaired) electrons. The van der Waals surface area contributed by atoms with Crippen molar-refractivity contribution in [2.24, 2.45) is 5.92 Å². The van der Waals surface area contributed by atoms with Gasteiger partial charge in [0.25, 0.3) is 0 Å². The molecule has 2 amide bonds. The van der Waals surface area contributed by atoms with Gasteiger partial charge >= 0.3 is 0 Å². The lowest BCUT2D eigenvalue weighted by atomic mass is 10.0. The summed E-state index contributed by atoms with van der Waals surface area (Å²) < 4.78 is 27.4. The lowest BCUT2D eigenvalue weighted by molar-refractivity contribution is -0.140. The van der Waals surface area contributed by atoms with Crippen LogP contribution in [-0.2, 0) is 32.6 Å². The Hall–Kier alpha value is -2.59. The van der Waals surface area contributed by atoms with Gasteiger partial charge in [0.05, 0.1) is 11.9 Å². The van der Waals surface area contributed by atoms with Crippen molar-refractivity contribution >= 4 is 66.7 Å². The molecule has 7 nitrogen and oxygen atoms in total. The van der Waals surface area contributed by atoms with E-state index in [2.05, 4.69) is 21.2 Å². The Kier molecular flexibility index (Phi) is 11.5. The Labute approximate surface area is 254 Å². The third-order valence-electron chi connectivity index (χ3n) is 6.11. The third kappa shape index (κ3) is 9.23. The maximum atomic E-state index is 14.1. The molecule has 0 spiro atoms. The van der Waals surface area contributed by atoms with E-state index in [0.717, 1.165) is 20.6 Å². The van der Waals surface area contributed by atoms with Crippen molar-refractivity contribution in [2.45, 2.75) is 32.9 Å². The SMILES string of the molecule is CC(C)CNC(=O)[C@@H](Cc1ccccc1)N(Cc1ccc(Cl)cc1Cl)C(=O)CN(c1ccc(Br)cc1)S(C)(=O)=O. The van der Waals surface area contributed by atoms with Crippen molar-refractivity contribution in [3.63, 3.8) is 0 Å². The van der Waals surface area contributed by atoms with Gasteiger partial charge in [-0.05, 0) is 53.4 Å². The smallest absolute Gasteiger partial charge is 0.244 e. The van der Waals surface area contributed by atoms with Crippen LogP contribution >= 0.6 is 39.1 Å². The topological polar surface area (TPSA) is 86.8 Å². The van der Waals surface area contributed by atoms with E-state index >= 15 is 0 Å². The van der Waals surface area contributed by atoms with Gasteiger partial charge in [-0.15, -0.1) is 0 Å². The van der Waals surface area contributed by atoms with Crippen LogP contribution in [0, 0.1) is 5.92 Å². The number of carbonyl (C=O) groups excluding carboxylic acids is 2. The molecule has 214 valence electrons. The summed E-state index contributed by atoms with van der Waals surface area (Å²) in [7, 11) is -3.85. The monoisotopic (exact) mass is 667 g/mol. The lowest BCUT2D eigenvalue weighted by Gasteiger charge is -2.34. The van der Waals surface area contributed by atoms with Gasteiger partial charge in [-0.25, -0.2) is 8.42 Å². The molecule has 0 unspecified atom stereocenters. The maximum absolute atomic E-state index is 14.1. The van der Waals surface area contributed by atoms with Crippen LogP contribution in [0.1, 0.15) is 25.0 Å². The molecule has 3 aromatic rings. The van der Waals surface area contributed by atoms with Crippen LogP contribution in [0.5, 0.6) is 0 Å². The Morgan fingerprint density at radius 2 is 1.62 bits per heavy atom. The first-order valence-corrected chi connectivity index (χ1v) is 16.0. The number of carbonyl (C=O) groups is 2. The summed E-state index contributed by atoms with van der Waals surface area (Å²) in [6, 6.07) is 19.9. The predicted octanol–water partition coefficient (Wildman–Crippen LogP) is 5.93. The first-order valence-electron chi connectivity index (χ1n) is 12.6. The minimum Gasteiger partial charge on any atom is -0.354 e. The summed E-state index contributed by atoms with van der Waals surface area (Å²) in [6.45, 7) is 3.84. The Morgan fingerprint density at radius 3 is 2.20 bits per heavy atom. The quantitative estimate of drug-likeness (QED) is 0.259. The van der Waals surface area contributed by atoms with Crippen molar-refractivity contribution in [1.29, 1.82) is 0 Å². The second-order valence-corrected chi connectivity index (χ2v) is 13.5. The molecular formula is C29H32BrCl2N3O4S. The summed E-state index contributed by atoms with van der Waals surface area (Å²) in [5.74, 6) is -0.708. The second-order valence-electron chi connectivity index (χ2n) is 9.85. The Morgan fingerprint density at radius 1 is 0.975 bits per heavy atom. The third-order valence-corrected chi connectivity index (χ3v) is 8.36. The summed E-state index contributed by atoms with van der Waals surface area (Å²) in [5, 5.41) is 3.71. The van der Waals surface area contributed by atoms with Crippen LogP contribution in [0.4, 0.5) is 5.69 Å². The molecular weight excluding hydrogens is 637 g/mol. The summed E-state index contributed by atoms with van der Waals surface area (Å²) in [6.07, 6.45) is 1.26. The molecule has 40 heavy (non-hydrogen) atoms. The average molecular weight is 669 g/mol. The summed E-state index contributed by atoms with van der Waals surface area (Å²) in [4.78, 5) is 29.1. The molecule has 0 aliphatic heterocycles. The van der Waals surface area contributed by atoms with Crippen molar-refractivity contribution in [1.82, 2.24) is 10.2 Å². The number of rotatable bonds is 12. The number of halogens is 3. The average Bonchev–Trinajstić information content (AvgIpc) is 2.89. The molecule has 0 aliphatic carbocycles. The molecule has 11 heteroatoms. The Bertz CT molecular complexity index is 1420. The fraction of sp³-hybridized carbons (Fsp3) is 0.310. The molecule has 1 atom stereocenters. The highest BCUT2D eigenvalue weighted by Gasteiger charge is 2.33. The van der Waals surface area contributed by atoms with E-state index in [9.17, 15) is 18.0 Å². The van der Waals surface area contributed by atoms with E-state index in [1.165, 1.54) is 4.90 Å². The van der Waals surface area contributed by atoms with E-state index in [-0.39, 0.29) is 24.8 Å². The van der Waals surface area contributed by atoms with Gasteiger partial charge in [0, 0.05) is 34.0 Å². The zero-order valence-electron chi connectivity index (χ0n) is 22.5.